The molecule has 3 aromatic heterocycles. The summed E-state index contributed by atoms with van der Waals surface area (Å²) in [6, 6.07) is 3.75. The fourth-order valence-corrected chi connectivity index (χ4v) is 3.85. The number of carbonyl (C=O) groups is 1. The predicted octanol–water partition coefficient (Wildman–Crippen LogP) is 4.34. The smallest absolute Gasteiger partial charge is 0.343 e. The van der Waals surface area contributed by atoms with Gasteiger partial charge in [0.25, 0.3) is 0 Å². The Labute approximate surface area is 171 Å². The molecule has 7 heteroatoms. The molecule has 0 saturated carbocycles. The number of hydrogen-bond acceptors (Lipinski definition) is 3. The summed E-state index contributed by atoms with van der Waals surface area (Å²) in [7, 11) is 0. The second kappa shape index (κ2) is 8.51. The van der Waals surface area contributed by atoms with E-state index in [2.05, 4.69) is 43.0 Å². The summed E-state index contributed by atoms with van der Waals surface area (Å²) in [6.45, 7) is 6.32. The number of aromatic nitrogens is 4. The quantitative estimate of drug-likeness (QED) is 0.426. The maximum absolute atomic E-state index is 12.6. The van der Waals surface area contributed by atoms with Gasteiger partial charge in [-0.25, -0.2) is 9.78 Å². The van der Waals surface area contributed by atoms with Gasteiger partial charge in [0.05, 0.1) is 5.69 Å². The van der Waals surface area contributed by atoms with Crippen molar-refractivity contribution in [1.82, 2.24) is 25.1 Å². The first kappa shape index (κ1) is 19.3. The lowest BCUT2D eigenvalue weighted by Crippen LogP contribution is -2.31. The maximum Gasteiger partial charge on any atom is 0.343 e. The summed E-state index contributed by atoms with van der Waals surface area (Å²) in [5, 5.41) is 8.47. The van der Waals surface area contributed by atoms with Gasteiger partial charge in [-0.1, -0.05) is 18.2 Å². The van der Waals surface area contributed by atoms with Crippen LogP contribution in [0.15, 0.2) is 48.3 Å². The Morgan fingerprint density at radius 1 is 1.41 bits per heavy atom. The third kappa shape index (κ3) is 4.13. The first-order valence-corrected chi connectivity index (χ1v) is 9.84. The van der Waals surface area contributed by atoms with Gasteiger partial charge in [0.2, 0.25) is 0 Å². The molecule has 1 amide bonds. The standard InChI is InChI=1S/C20H22IN5O/c1-4-7-14(5-2)11-24-20(27)26-18(21)17(13(3)25-26)10-15-12-23-19-16(15)8-6-9-22-19/h4-9,12H,10-11H2,1-3H3,(H,22,23)(H,24,27)/b7-4-,14-5+. The van der Waals surface area contributed by atoms with Crippen molar-refractivity contribution in [3.8, 4) is 0 Å². The minimum absolute atomic E-state index is 0.224. The van der Waals surface area contributed by atoms with Crippen LogP contribution in [-0.2, 0) is 6.42 Å². The molecule has 0 atom stereocenters. The number of carbonyl (C=O) groups excluding carboxylic acids is 1. The van der Waals surface area contributed by atoms with Crippen molar-refractivity contribution in [2.24, 2.45) is 0 Å². The number of hydrogen-bond donors (Lipinski definition) is 2. The molecular weight excluding hydrogens is 453 g/mol. The molecule has 3 heterocycles. The van der Waals surface area contributed by atoms with Gasteiger partial charge in [-0.15, -0.1) is 0 Å². The molecule has 3 aromatic rings. The second-order valence-electron chi connectivity index (χ2n) is 6.18. The Balaban J connectivity index is 1.81. The van der Waals surface area contributed by atoms with Crippen LogP contribution in [0.2, 0.25) is 0 Å². The normalized spacial score (nSPS) is 12.2. The van der Waals surface area contributed by atoms with Crippen LogP contribution in [0.25, 0.3) is 11.0 Å². The van der Waals surface area contributed by atoms with Gasteiger partial charge in [0, 0.05) is 36.3 Å². The molecule has 0 aliphatic heterocycles. The van der Waals surface area contributed by atoms with Crippen LogP contribution < -0.4 is 5.32 Å². The molecular formula is C20H22IN5O. The van der Waals surface area contributed by atoms with E-state index in [4.69, 9.17) is 0 Å². The highest BCUT2D eigenvalue weighted by atomic mass is 127. The third-order valence-electron chi connectivity index (χ3n) is 4.41. The number of fused-ring (bicyclic) bond motifs is 1. The zero-order valence-corrected chi connectivity index (χ0v) is 17.7. The van der Waals surface area contributed by atoms with E-state index >= 15 is 0 Å². The van der Waals surface area contributed by atoms with Gasteiger partial charge in [-0.2, -0.15) is 9.78 Å². The van der Waals surface area contributed by atoms with Crippen molar-refractivity contribution in [2.45, 2.75) is 27.2 Å². The molecule has 2 N–H and O–H groups in total. The molecule has 0 spiro atoms. The molecule has 6 nitrogen and oxygen atoms in total. The number of nitrogens with one attached hydrogen (secondary N) is 2. The lowest BCUT2D eigenvalue weighted by Gasteiger charge is -2.07. The zero-order valence-electron chi connectivity index (χ0n) is 15.6. The summed E-state index contributed by atoms with van der Waals surface area (Å²) in [6.07, 6.45) is 10.4. The minimum Gasteiger partial charge on any atom is -0.346 e. The van der Waals surface area contributed by atoms with Crippen LogP contribution in [0.1, 0.15) is 30.7 Å². The van der Waals surface area contributed by atoms with E-state index in [1.165, 1.54) is 4.68 Å². The highest BCUT2D eigenvalue weighted by Crippen LogP contribution is 2.24. The topological polar surface area (TPSA) is 75.6 Å². The van der Waals surface area contributed by atoms with Gasteiger partial charge >= 0.3 is 6.03 Å². The summed E-state index contributed by atoms with van der Waals surface area (Å²) in [4.78, 5) is 20.1. The van der Waals surface area contributed by atoms with Crippen molar-refractivity contribution in [2.75, 3.05) is 6.54 Å². The maximum atomic E-state index is 12.6. The fourth-order valence-electron chi connectivity index (χ4n) is 2.94. The van der Waals surface area contributed by atoms with Crippen LogP contribution in [0.3, 0.4) is 0 Å². The number of pyridine rings is 1. The molecule has 0 fully saturated rings. The monoisotopic (exact) mass is 475 g/mol. The Kier molecular flexibility index (Phi) is 6.10. The molecule has 0 aromatic carbocycles. The predicted molar refractivity (Wildman–Crippen MR) is 116 cm³/mol. The molecule has 27 heavy (non-hydrogen) atoms. The van der Waals surface area contributed by atoms with Gasteiger partial charge < -0.3 is 10.3 Å². The lowest BCUT2D eigenvalue weighted by atomic mass is 10.1. The summed E-state index contributed by atoms with van der Waals surface area (Å²) in [5.74, 6) is 0. The van der Waals surface area contributed by atoms with E-state index < -0.39 is 0 Å². The zero-order chi connectivity index (χ0) is 19.4. The molecule has 140 valence electrons. The van der Waals surface area contributed by atoms with Gasteiger partial charge in [-0.05, 0) is 66.6 Å². The van der Waals surface area contributed by atoms with E-state index in [9.17, 15) is 4.79 Å². The van der Waals surface area contributed by atoms with Crippen molar-refractivity contribution >= 4 is 39.7 Å². The average Bonchev–Trinajstić information content (AvgIpc) is 3.21. The average molecular weight is 475 g/mol. The van der Waals surface area contributed by atoms with E-state index in [-0.39, 0.29) is 6.03 Å². The third-order valence-corrected chi connectivity index (χ3v) is 5.52. The number of rotatable bonds is 5. The van der Waals surface area contributed by atoms with E-state index in [1.54, 1.807) is 6.20 Å². The Hall–Kier alpha value is -2.42. The van der Waals surface area contributed by atoms with E-state index in [0.717, 1.165) is 37.1 Å². The number of aryl methyl sites for hydroxylation is 1. The summed E-state index contributed by atoms with van der Waals surface area (Å²) in [5.41, 5.74) is 4.97. The Morgan fingerprint density at radius 3 is 2.96 bits per heavy atom. The number of aromatic amines is 1. The van der Waals surface area contributed by atoms with E-state index in [1.807, 2.05) is 57.3 Å². The van der Waals surface area contributed by atoms with Crippen molar-refractivity contribution in [1.29, 1.82) is 0 Å². The van der Waals surface area contributed by atoms with Gasteiger partial charge in [0.1, 0.15) is 9.35 Å². The number of H-pyrrole nitrogens is 1. The molecule has 0 aliphatic rings. The van der Waals surface area contributed by atoms with Crippen LogP contribution in [0.4, 0.5) is 4.79 Å². The van der Waals surface area contributed by atoms with Crippen LogP contribution in [-0.4, -0.2) is 32.3 Å². The lowest BCUT2D eigenvalue weighted by molar-refractivity contribution is 0.239. The number of amides is 1. The van der Waals surface area contributed by atoms with Crippen LogP contribution in [0, 0.1) is 10.6 Å². The van der Waals surface area contributed by atoms with E-state index in [0.29, 0.717) is 13.0 Å². The minimum atomic E-state index is -0.224. The summed E-state index contributed by atoms with van der Waals surface area (Å²) < 4.78 is 2.27. The second-order valence-corrected chi connectivity index (χ2v) is 7.20. The molecule has 0 radical (unpaired) electrons. The van der Waals surface area contributed by atoms with Gasteiger partial charge in [0.15, 0.2) is 0 Å². The number of nitrogens with zero attached hydrogens (tertiary/aromatic N) is 3. The van der Waals surface area contributed by atoms with Gasteiger partial charge in [-0.3, -0.25) is 0 Å². The Bertz CT molecular complexity index is 1030. The van der Waals surface area contributed by atoms with Crippen molar-refractivity contribution in [3.63, 3.8) is 0 Å². The first-order valence-electron chi connectivity index (χ1n) is 8.76. The van der Waals surface area contributed by atoms with Crippen molar-refractivity contribution in [3.05, 3.63) is 68.8 Å². The molecule has 0 bridgehead atoms. The van der Waals surface area contributed by atoms with Crippen molar-refractivity contribution < 1.29 is 4.79 Å². The number of allylic oxidation sites excluding steroid dienone is 2. The molecule has 0 aliphatic carbocycles. The van der Waals surface area contributed by atoms with Crippen LogP contribution >= 0.6 is 22.6 Å². The summed E-state index contributed by atoms with van der Waals surface area (Å²) >= 11 is 2.19. The van der Waals surface area contributed by atoms with Crippen LogP contribution in [0.5, 0.6) is 0 Å². The molecule has 0 saturated heterocycles. The molecule has 3 rings (SSSR count). The fraction of sp³-hybridized carbons (Fsp3) is 0.250. The SMILES string of the molecule is C/C=C\C(=C/C)CNC(=O)n1nc(C)c(Cc2c[nH]c3ncccc23)c1I. The Morgan fingerprint density at radius 2 is 2.22 bits per heavy atom. The highest BCUT2D eigenvalue weighted by Gasteiger charge is 2.19. The first-order chi connectivity index (χ1) is 13.0. The molecule has 0 unspecified atom stereocenters. The highest BCUT2D eigenvalue weighted by molar-refractivity contribution is 14.1. The number of halogens is 1. The largest absolute Gasteiger partial charge is 0.346 e.